The van der Waals surface area contributed by atoms with Crippen molar-refractivity contribution in [3.8, 4) is 0 Å². The molecule has 4 heterocycles. The third kappa shape index (κ3) is 5.09. The first-order valence-electron chi connectivity index (χ1n) is 12.3. The van der Waals surface area contributed by atoms with E-state index in [2.05, 4.69) is 28.9 Å². The second-order valence-electron chi connectivity index (χ2n) is 8.93. The molecule has 0 N–H and O–H groups in total. The maximum atomic E-state index is 13.6. The first-order valence-corrected chi connectivity index (χ1v) is 13.6. The van der Waals surface area contributed by atoms with Crippen LogP contribution in [0.25, 0.3) is 11.7 Å². The molecule has 2 aliphatic rings. The van der Waals surface area contributed by atoms with Crippen molar-refractivity contribution < 1.29 is 4.79 Å². The van der Waals surface area contributed by atoms with E-state index in [0.717, 1.165) is 45.6 Å². The number of thioether (sulfide) groups is 1. The maximum Gasteiger partial charge on any atom is 0.267 e. The number of benzene rings is 1. The van der Waals surface area contributed by atoms with E-state index in [1.165, 1.54) is 21.7 Å². The molecule has 1 aromatic carbocycles. The largest absolute Gasteiger partial charge is 0.353 e. The Bertz CT molecular complexity index is 1360. The summed E-state index contributed by atoms with van der Waals surface area (Å²) in [5.41, 5.74) is 2.10. The van der Waals surface area contributed by atoms with Crippen LogP contribution in [0, 0.1) is 0 Å². The predicted molar refractivity (Wildman–Crippen MR) is 150 cm³/mol. The Morgan fingerprint density at radius 1 is 1.03 bits per heavy atom. The van der Waals surface area contributed by atoms with Gasteiger partial charge in [0.05, 0.1) is 10.5 Å². The molecule has 0 saturated carbocycles. The predicted octanol–water partition coefficient (Wildman–Crippen LogP) is 3.67. The second kappa shape index (κ2) is 10.9. The average Bonchev–Trinajstić information content (AvgIpc) is 3.18. The molecule has 0 atom stereocenters. The van der Waals surface area contributed by atoms with Gasteiger partial charge in [-0.2, -0.15) is 0 Å². The summed E-state index contributed by atoms with van der Waals surface area (Å²) in [6.45, 7) is 7.10. The van der Waals surface area contributed by atoms with Crippen molar-refractivity contribution in [3.05, 3.63) is 81.1 Å². The van der Waals surface area contributed by atoms with Gasteiger partial charge in [-0.1, -0.05) is 67.3 Å². The highest BCUT2D eigenvalue weighted by molar-refractivity contribution is 8.26. The number of anilines is 1. The lowest BCUT2D eigenvalue weighted by atomic mass is 10.1. The highest BCUT2D eigenvalue weighted by atomic mass is 32.2. The van der Waals surface area contributed by atoms with Gasteiger partial charge in [0, 0.05) is 38.9 Å². The highest BCUT2D eigenvalue weighted by Crippen LogP contribution is 2.34. The number of pyridine rings is 1. The van der Waals surface area contributed by atoms with E-state index in [-0.39, 0.29) is 11.5 Å². The molecule has 5 rings (SSSR count). The van der Waals surface area contributed by atoms with Gasteiger partial charge in [0.1, 0.15) is 15.8 Å². The summed E-state index contributed by atoms with van der Waals surface area (Å²) in [6.07, 6.45) is 5.11. The quantitative estimate of drug-likeness (QED) is 0.349. The number of nitrogens with zero attached hydrogens (tertiary/aromatic N) is 5. The molecular weight excluding hydrogens is 490 g/mol. The second-order valence-corrected chi connectivity index (χ2v) is 10.6. The van der Waals surface area contributed by atoms with Gasteiger partial charge in [-0.05, 0) is 43.2 Å². The van der Waals surface area contributed by atoms with Gasteiger partial charge in [-0.15, -0.1) is 0 Å². The van der Waals surface area contributed by atoms with E-state index < -0.39 is 0 Å². The average molecular weight is 520 g/mol. The van der Waals surface area contributed by atoms with Gasteiger partial charge in [0.2, 0.25) is 0 Å². The fourth-order valence-electron chi connectivity index (χ4n) is 4.64. The van der Waals surface area contributed by atoms with Crippen molar-refractivity contribution in [1.29, 1.82) is 0 Å². The number of piperazine rings is 1. The number of rotatable bonds is 7. The standard InChI is InChI=1S/C27H29N5O2S2/c1-2-29-15-17-30(18-16-29)24-21(25(33)31-13-7-6-12-23(31)28-24)19-22-26(34)32(27(35)36-22)14-8-11-20-9-4-3-5-10-20/h3-7,9-10,12-13,19H,2,8,11,14-18H2,1H3/b22-19-. The van der Waals surface area contributed by atoms with Crippen LogP contribution < -0.4 is 10.5 Å². The van der Waals surface area contributed by atoms with E-state index >= 15 is 0 Å². The number of thiocarbonyl (C=S) groups is 1. The minimum atomic E-state index is -0.178. The van der Waals surface area contributed by atoms with Crippen LogP contribution in [0.3, 0.4) is 0 Å². The lowest BCUT2D eigenvalue weighted by molar-refractivity contribution is -0.122. The number of likely N-dealkylation sites (N-methyl/N-ethyl adjacent to an activating group) is 1. The normalized spacial score (nSPS) is 18.1. The highest BCUT2D eigenvalue weighted by Gasteiger charge is 2.33. The fourth-order valence-corrected chi connectivity index (χ4v) is 5.93. The Morgan fingerprint density at radius 3 is 2.53 bits per heavy atom. The zero-order valence-electron chi connectivity index (χ0n) is 20.3. The molecule has 7 nitrogen and oxygen atoms in total. The molecule has 0 aliphatic carbocycles. The van der Waals surface area contributed by atoms with Crippen LogP contribution in [0.15, 0.2) is 64.4 Å². The van der Waals surface area contributed by atoms with E-state index in [9.17, 15) is 9.59 Å². The Balaban J connectivity index is 1.43. The van der Waals surface area contributed by atoms with E-state index in [1.807, 2.05) is 36.4 Å². The minimum Gasteiger partial charge on any atom is -0.353 e. The summed E-state index contributed by atoms with van der Waals surface area (Å²) in [5, 5.41) is 0. The van der Waals surface area contributed by atoms with Crippen LogP contribution in [0.4, 0.5) is 5.82 Å². The number of carbonyl (C=O) groups excluding carboxylic acids is 1. The summed E-state index contributed by atoms with van der Waals surface area (Å²) in [6, 6.07) is 15.7. The number of amides is 1. The van der Waals surface area contributed by atoms with Crippen molar-refractivity contribution in [3.63, 3.8) is 0 Å². The number of carbonyl (C=O) groups is 1. The Kier molecular flexibility index (Phi) is 7.50. The first-order chi connectivity index (χ1) is 17.5. The molecule has 36 heavy (non-hydrogen) atoms. The van der Waals surface area contributed by atoms with Crippen LogP contribution in [-0.4, -0.2) is 68.7 Å². The topological polar surface area (TPSA) is 61.2 Å². The van der Waals surface area contributed by atoms with Gasteiger partial charge >= 0.3 is 0 Å². The molecule has 0 unspecified atom stereocenters. The molecule has 9 heteroatoms. The number of aromatic nitrogens is 2. The van der Waals surface area contributed by atoms with Crippen molar-refractivity contribution in [2.75, 3.05) is 44.2 Å². The summed E-state index contributed by atoms with van der Waals surface area (Å²) in [7, 11) is 0. The number of aryl methyl sites for hydroxylation is 1. The maximum absolute atomic E-state index is 13.6. The summed E-state index contributed by atoms with van der Waals surface area (Å²) >= 11 is 6.81. The van der Waals surface area contributed by atoms with Crippen LogP contribution >= 0.6 is 24.0 Å². The van der Waals surface area contributed by atoms with Gasteiger partial charge < -0.3 is 9.80 Å². The van der Waals surface area contributed by atoms with Crippen molar-refractivity contribution >= 4 is 51.7 Å². The Labute approximate surface area is 220 Å². The molecule has 0 radical (unpaired) electrons. The molecule has 0 spiro atoms. The van der Waals surface area contributed by atoms with E-state index in [1.54, 1.807) is 17.2 Å². The third-order valence-corrected chi connectivity index (χ3v) is 8.08. The molecule has 2 saturated heterocycles. The van der Waals surface area contributed by atoms with Gasteiger partial charge in [-0.3, -0.25) is 18.9 Å². The van der Waals surface area contributed by atoms with Crippen molar-refractivity contribution in [2.45, 2.75) is 19.8 Å². The lowest BCUT2D eigenvalue weighted by Gasteiger charge is -2.35. The Hall–Kier alpha value is -3.01. The fraction of sp³-hybridized carbons (Fsp3) is 0.333. The zero-order valence-corrected chi connectivity index (χ0v) is 21.9. The summed E-state index contributed by atoms with van der Waals surface area (Å²) in [5.74, 6) is 0.494. The molecule has 2 aliphatic heterocycles. The number of hydrogen-bond acceptors (Lipinski definition) is 7. The monoisotopic (exact) mass is 519 g/mol. The molecule has 1 amide bonds. The number of hydrogen-bond donors (Lipinski definition) is 0. The molecule has 3 aromatic rings. The molecule has 2 aromatic heterocycles. The van der Waals surface area contributed by atoms with E-state index in [0.29, 0.717) is 32.8 Å². The molecule has 186 valence electrons. The summed E-state index contributed by atoms with van der Waals surface area (Å²) in [4.78, 5) is 38.4. The van der Waals surface area contributed by atoms with Crippen LogP contribution in [0.5, 0.6) is 0 Å². The number of fused-ring (bicyclic) bond motifs is 1. The van der Waals surface area contributed by atoms with Gasteiger partial charge in [0.15, 0.2) is 0 Å². The molecule has 0 bridgehead atoms. The van der Waals surface area contributed by atoms with Crippen LogP contribution in [0.2, 0.25) is 0 Å². The third-order valence-electron chi connectivity index (χ3n) is 6.71. The van der Waals surface area contributed by atoms with Gasteiger partial charge in [-0.25, -0.2) is 4.98 Å². The Morgan fingerprint density at radius 2 is 1.78 bits per heavy atom. The smallest absolute Gasteiger partial charge is 0.267 e. The molecular formula is C27H29N5O2S2. The van der Waals surface area contributed by atoms with Crippen molar-refractivity contribution in [1.82, 2.24) is 19.2 Å². The minimum absolute atomic E-state index is 0.141. The van der Waals surface area contributed by atoms with Gasteiger partial charge in [0.25, 0.3) is 11.5 Å². The molecule has 2 fully saturated rings. The van der Waals surface area contributed by atoms with Crippen molar-refractivity contribution in [2.24, 2.45) is 0 Å². The first kappa shape index (κ1) is 24.7. The summed E-state index contributed by atoms with van der Waals surface area (Å²) < 4.78 is 2.07. The zero-order chi connectivity index (χ0) is 25.1. The van der Waals surface area contributed by atoms with E-state index in [4.69, 9.17) is 17.2 Å². The lowest BCUT2D eigenvalue weighted by Crippen LogP contribution is -2.47. The van der Waals surface area contributed by atoms with Crippen LogP contribution in [-0.2, 0) is 11.2 Å². The van der Waals surface area contributed by atoms with Crippen LogP contribution in [0.1, 0.15) is 24.5 Å². The SMILES string of the molecule is CCN1CCN(c2nc3ccccn3c(=O)c2/C=C2\SC(=S)N(CCCc3ccccc3)C2=O)CC1.